The van der Waals surface area contributed by atoms with Crippen LogP contribution in [0.15, 0.2) is 36.8 Å². The normalized spacial score (nSPS) is 14.7. The molecule has 9 nitrogen and oxygen atoms in total. The summed E-state index contributed by atoms with van der Waals surface area (Å²) >= 11 is 0. The smallest absolute Gasteiger partial charge is 0.433 e. The number of ketones is 1. The molecule has 1 aromatic carbocycles. The van der Waals surface area contributed by atoms with E-state index in [1.54, 1.807) is 6.92 Å². The fourth-order valence-corrected chi connectivity index (χ4v) is 4.77. The summed E-state index contributed by atoms with van der Waals surface area (Å²) in [5, 5.41) is 2.99. The van der Waals surface area contributed by atoms with Gasteiger partial charge >= 0.3 is 6.18 Å². The summed E-state index contributed by atoms with van der Waals surface area (Å²) < 4.78 is 61.6. The van der Waals surface area contributed by atoms with E-state index in [0.29, 0.717) is 22.4 Å². The molecule has 0 aliphatic carbocycles. The number of halogens is 4. The minimum Gasteiger partial charge on any atom is -0.485 e. The summed E-state index contributed by atoms with van der Waals surface area (Å²) in [6.07, 6.45) is -1.88. The second-order valence-electron chi connectivity index (χ2n) is 8.78. The molecule has 1 N–H and O–H groups in total. The topological polar surface area (TPSA) is 102 Å². The van der Waals surface area contributed by atoms with Crippen molar-refractivity contribution in [2.75, 3.05) is 18.5 Å². The molecule has 0 saturated heterocycles. The number of anilines is 1. The molecule has 0 radical (unpaired) electrons. The molecule has 2 aliphatic heterocycles. The summed E-state index contributed by atoms with van der Waals surface area (Å²) in [5.74, 6) is -0.944. The molecule has 3 aromatic heterocycles. The van der Waals surface area contributed by atoms with Gasteiger partial charge in [-0.25, -0.2) is 19.3 Å². The highest BCUT2D eigenvalue weighted by Gasteiger charge is 2.35. The van der Waals surface area contributed by atoms with Crippen LogP contribution < -0.4 is 10.1 Å². The van der Waals surface area contributed by atoms with Gasteiger partial charge < -0.3 is 15.0 Å². The standard InChI is InChI=1S/C25H18F4N6O3/c1-2-34-9-16-12(3-6-19(33-16)25(27,28)29)13-7-30-24(35-11-32-21(22(13)35)23(34)37)31-8-14-15(26)4-5-18-20(14)17(36)10-38-18/h3-7,11H,2,8-10H2,1H3,(H,30,31). The van der Waals surface area contributed by atoms with E-state index < -0.39 is 23.6 Å². The second-order valence-corrected chi connectivity index (χ2v) is 8.78. The molecule has 13 heteroatoms. The zero-order valence-electron chi connectivity index (χ0n) is 19.8. The molecule has 5 heterocycles. The molecule has 6 rings (SSSR count). The molecule has 0 fully saturated rings. The number of rotatable bonds is 4. The maximum Gasteiger partial charge on any atom is 0.433 e. The number of carbonyl (C=O) groups excluding carboxylic acids is 2. The number of ether oxygens (including phenoxy) is 1. The Morgan fingerprint density at radius 3 is 2.68 bits per heavy atom. The lowest BCUT2D eigenvalue weighted by atomic mass is 10.0. The molecular formula is C25H18F4N6O3. The van der Waals surface area contributed by atoms with Crippen molar-refractivity contribution in [3.05, 3.63) is 70.8 Å². The number of nitrogens with one attached hydrogen (secondary N) is 1. The number of pyridine rings is 1. The van der Waals surface area contributed by atoms with Crippen LogP contribution in [0.4, 0.5) is 23.5 Å². The number of nitrogens with zero attached hydrogens (tertiary/aromatic N) is 5. The van der Waals surface area contributed by atoms with E-state index in [0.717, 1.165) is 6.07 Å². The van der Waals surface area contributed by atoms with Gasteiger partial charge in [-0.2, -0.15) is 13.2 Å². The number of Topliss-reactive ketones (excluding diaryl/α,β-unsaturated/α-hetero) is 1. The summed E-state index contributed by atoms with van der Waals surface area (Å²) in [4.78, 5) is 39.4. The molecule has 2 aliphatic rings. The largest absolute Gasteiger partial charge is 0.485 e. The van der Waals surface area contributed by atoms with Gasteiger partial charge in [0.2, 0.25) is 11.7 Å². The minimum absolute atomic E-state index is 0.0757. The predicted molar refractivity (Wildman–Crippen MR) is 125 cm³/mol. The highest BCUT2D eigenvalue weighted by Crippen LogP contribution is 2.37. The first-order valence-corrected chi connectivity index (χ1v) is 11.6. The number of hydrogen-bond donors (Lipinski definition) is 1. The van der Waals surface area contributed by atoms with Gasteiger partial charge in [0.05, 0.1) is 23.3 Å². The van der Waals surface area contributed by atoms with E-state index in [9.17, 15) is 27.2 Å². The van der Waals surface area contributed by atoms with Crippen LogP contribution in [0.1, 0.15) is 44.7 Å². The first kappa shape index (κ1) is 23.8. The second kappa shape index (κ2) is 8.50. The zero-order chi connectivity index (χ0) is 26.8. The third kappa shape index (κ3) is 3.64. The molecule has 0 atom stereocenters. The van der Waals surface area contributed by atoms with Crippen LogP contribution in [0.3, 0.4) is 0 Å². The number of carbonyl (C=O) groups is 2. The summed E-state index contributed by atoms with van der Waals surface area (Å²) in [6.45, 7) is 1.49. The average molecular weight is 526 g/mol. The van der Waals surface area contributed by atoms with Crippen LogP contribution in [-0.2, 0) is 19.3 Å². The highest BCUT2D eigenvalue weighted by atomic mass is 19.4. The predicted octanol–water partition coefficient (Wildman–Crippen LogP) is 4.11. The van der Waals surface area contributed by atoms with Crippen molar-refractivity contribution >= 4 is 23.2 Å². The Bertz CT molecular complexity index is 1650. The van der Waals surface area contributed by atoms with Gasteiger partial charge in [0.25, 0.3) is 5.91 Å². The summed E-state index contributed by atoms with van der Waals surface area (Å²) in [5.41, 5.74) is 0.426. The number of amides is 1. The monoisotopic (exact) mass is 526 g/mol. The van der Waals surface area contributed by atoms with Crippen LogP contribution in [0.25, 0.3) is 16.6 Å². The number of alkyl halides is 3. The fraction of sp³-hybridized carbons (Fsp3) is 0.240. The van der Waals surface area contributed by atoms with Gasteiger partial charge in [-0.05, 0) is 25.1 Å². The van der Waals surface area contributed by atoms with Gasteiger partial charge in [0.15, 0.2) is 12.3 Å². The van der Waals surface area contributed by atoms with E-state index in [-0.39, 0.29) is 60.5 Å². The SMILES string of the molecule is CCN1Cc2nc(C(F)(F)F)ccc2-c2cnc(NCc3c(F)ccc4c3C(=O)CO4)n3cnc(c23)C1=O. The lowest BCUT2D eigenvalue weighted by molar-refractivity contribution is -0.141. The third-order valence-corrected chi connectivity index (χ3v) is 6.61. The number of hydrogen-bond acceptors (Lipinski definition) is 7. The van der Waals surface area contributed by atoms with Gasteiger partial charge in [-0.15, -0.1) is 0 Å². The van der Waals surface area contributed by atoms with Crippen molar-refractivity contribution in [3.63, 3.8) is 0 Å². The number of aromatic nitrogens is 4. The molecular weight excluding hydrogens is 508 g/mol. The van der Waals surface area contributed by atoms with E-state index in [4.69, 9.17) is 4.74 Å². The van der Waals surface area contributed by atoms with Crippen LogP contribution in [0, 0.1) is 5.82 Å². The van der Waals surface area contributed by atoms with Crippen molar-refractivity contribution in [1.29, 1.82) is 0 Å². The van der Waals surface area contributed by atoms with Crippen LogP contribution in [0.2, 0.25) is 0 Å². The zero-order valence-corrected chi connectivity index (χ0v) is 19.8. The van der Waals surface area contributed by atoms with Gasteiger partial charge in [0, 0.05) is 36.0 Å². The third-order valence-electron chi connectivity index (χ3n) is 6.61. The van der Waals surface area contributed by atoms with E-state index in [1.807, 2.05) is 0 Å². The Labute approximate surface area is 212 Å². The van der Waals surface area contributed by atoms with Crippen molar-refractivity contribution in [2.45, 2.75) is 26.2 Å². The maximum atomic E-state index is 14.7. The number of fused-ring (bicyclic) bond motifs is 3. The first-order chi connectivity index (χ1) is 18.2. The van der Waals surface area contributed by atoms with Gasteiger partial charge in [0.1, 0.15) is 23.6 Å². The number of imidazole rings is 1. The summed E-state index contributed by atoms with van der Waals surface area (Å²) in [6, 6.07) is 4.80. The van der Waals surface area contributed by atoms with E-state index in [1.165, 1.54) is 40.0 Å². The van der Waals surface area contributed by atoms with Crippen molar-refractivity contribution in [1.82, 2.24) is 24.3 Å². The Balaban J connectivity index is 1.47. The van der Waals surface area contributed by atoms with Crippen LogP contribution in [-0.4, -0.2) is 49.1 Å². The van der Waals surface area contributed by atoms with Gasteiger partial charge in [-0.3, -0.25) is 14.0 Å². The first-order valence-electron chi connectivity index (χ1n) is 11.6. The van der Waals surface area contributed by atoms with E-state index >= 15 is 0 Å². The van der Waals surface area contributed by atoms with Gasteiger partial charge in [-0.1, -0.05) is 6.07 Å². The quantitative estimate of drug-likeness (QED) is 0.400. The molecule has 4 aromatic rings. The maximum absolute atomic E-state index is 14.7. The van der Waals surface area contributed by atoms with Crippen LogP contribution in [0.5, 0.6) is 5.75 Å². The molecule has 0 bridgehead atoms. The molecule has 0 unspecified atom stereocenters. The molecule has 0 saturated carbocycles. The molecule has 38 heavy (non-hydrogen) atoms. The Morgan fingerprint density at radius 1 is 1.11 bits per heavy atom. The molecule has 0 spiro atoms. The van der Waals surface area contributed by atoms with Crippen molar-refractivity contribution in [2.24, 2.45) is 0 Å². The molecule has 1 amide bonds. The Kier molecular flexibility index (Phi) is 5.33. The van der Waals surface area contributed by atoms with E-state index in [2.05, 4.69) is 20.3 Å². The number of benzene rings is 1. The Hall–Kier alpha value is -4.55. The lowest BCUT2D eigenvalue weighted by Crippen LogP contribution is -2.32. The lowest BCUT2D eigenvalue weighted by Gasteiger charge is -2.25. The van der Waals surface area contributed by atoms with Crippen LogP contribution >= 0.6 is 0 Å². The molecule has 194 valence electrons. The average Bonchev–Trinajstić information content (AvgIpc) is 3.49. The van der Waals surface area contributed by atoms with Crippen molar-refractivity contribution < 1.29 is 31.9 Å². The van der Waals surface area contributed by atoms with Crippen molar-refractivity contribution in [3.8, 4) is 16.9 Å². The Morgan fingerprint density at radius 2 is 1.92 bits per heavy atom. The minimum atomic E-state index is -4.65. The highest BCUT2D eigenvalue weighted by molar-refractivity contribution is 6.05. The summed E-state index contributed by atoms with van der Waals surface area (Å²) in [7, 11) is 0. The fourth-order valence-electron chi connectivity index (χ4n) is 4.77.